The van der Waals surface area contributed by atoms with Gasteiger partial charge in [-0.05, 0) is 48.6 Å². The summed E-state index contributed by atoms with van der Waals surface area (Å²) in [6, 6.07) is 26.7. The number of fused-ring (bicyclic) bond motifs is 1. The lowest BCUT2D eigenvalue weighted by Crippen LogP contribution is -2.04. The van der Waals surface area contributed by atoms with Crippen molar-refractivity contribution in [3.63, 3.8) is 0 Å². The van der Waals surface area contributed by atoms with Gasteiger partial charge in [-0.1, -0.05) is 60.1 Å². The van der Waals surface area contributed by atoms with E-state index in [0.29, 0.717) is 21.9 Å². The zero-order chi connectivity index (χ0) is 24.5. The van der Waals surface area contributed by atoms with Gasteiger partial charge >= 0.3 is 5.63 Å². The summed E-state index contributed by atoms with van der Waals surface area (Å²) in [5, 5.41) is 9.14. The van der Waals surface area contributed by atoms with Crippen LogP contribution in [-0.2, 0) is 0 Å². The van der Waals surface area contributed by atoms with Crippen molar-refractivity contribution in [2.75, 3.05) is 0 Å². The second-order valence-corrected chi connectivity index (χ2v) is 9.44. The summed E-state index contributed by atoms with van der Waals surface area (Å²) in [6.45, 7) is 0. The van der Waals surface area contributed by atoms with Gasteiger partial charge in [-0.25, -0.2) is 14.5 Å². The van der Waals surface area contributed by atoms with Gasteiger partial charge in [-0.2, -0.15) is 5.10 Å². The molecule has 0 fully saturated rings. The van der Waals surface area contributed by atoms with Crippen LogP contribution in [0.25, 0.3) is 51.3 Å². The zero-order valence-corrected chi connectivity index (χ0v) is 20.4. The molecule has 0 saturated carbocycles. The maximum absolute atomic E-state index is 12.9. The van der Waals surface area contributed by atoms with Gasteiger partial charge < -0.3 is 4.42 Å². The molecule has 0 amide bonds. The summed E-state index contributed by atoms with van der Waals surface area (Å²) >= 11 is 7.55. The van der Waals surface area contributed by atoms with Crippen molar-refractivity contribution in [1.82, 2.24) is 14.8 Å². The number of aromatic nitrogens is 3. The Kier molecular flexibility index (Phi) is 5.81. The number of benzene rings is 3. The van der Waals surface area contributed by atoms with E-state index in [-0.39, 0.29) is 0 Å². The van der Waals surface area contributed by atoms with E-state index in [9.17, 15) is 4.79 Å². The molecule has 6 rings (SSSR count). The first-order valence-electron chi connectivity index (χ1n) is 11.2. The molecular weight excluding hydrogens is 490 g/mol. The van der Waals surface area contributed by atoms with Crippen LogP contribution in [0.15, 0.2) is 106 Å². The molecule has 6 aromatic rings. The number of hydrogen-bond donors (Lipinski definition) is 0. The minimum Gasteiger partial charge on any atom is -0.422 e. The monoisotopic (exact) mass is 507 g/mol. The van der Waals surface area contributed by atoms with Crippen molar-refractivity contribution in [2.45, 2.75) is 0 Å². The molecule has 0 spiro atoms. The number of rotatable bonds is 5. The van der Waals surface area contributed by atoms with Gasteiger partial charge in [0, 0.05) is 33.1 Å². The quantitative estimate of drug-likeness (QED) is 0.225. The summed E-state index contributed by atoms with van der Waals surface area (Å²) < 4.78 is 7.36. The Morgan fingerprint density at radius 1 is 0.917 bits per heavy atom. The van der Waals surface area contributed by atoms with Crippen LogP contribution in [0.2, 0.25) is 5.02 Å². The average molecular weight is 508 g/mol. The summed E-state index contributed by atoms with van der Waals surface area (Å²) in [7, 11) is 0. The van der Waals surface area contributed by atoms with E-state index in [1.165, 1.54) is 11.3 Å². The van der Waals surface area contributed by atoms with E-state index in [4.69, 9.17) is 26.1 Å². The molecule has 3 aromatic heterocycles. The summed E-state index contributed by atoms with van der Waals surface area (Å²) in [5.41, 5.74) is 4.62. The van der Waals surface area contributed by atoms with Crippen LogP contribution >= 0.6 is 22.9 Å². The first-order chi connectivity index (χ1) is 17.6. The molecule has 0 unspecified atom stereocenters. The molecule has 0 atom stereocenters. The summed E-state index contributed by atoms with van der Waals surface area (Å²) in [6.07, 6.45) is 5.77. The Morgan fingerprint density at radius 2 is 1.69 bits per heavy atom. The lowest BCUT2D eigenvalue weighted by molar-refractivity contribution is 0.563. The molecule has 0 aliphatic rings. The molecule has 0 N–H and O–H groups in total. The molecule has 0 saturated heterocycles. The number of hydrogen-bond acceptors (Lipinski definition) is 5. The van der Waals surface area contributed by atoms with E-state index >= 15 is 0 Å². The fraction of sp³-hybridized carbons (Fsp3) is 0. The van der Waals surface area contributed by atoms with Gasteiger partial charge in [0.2, 0.25) is 0 Å². The predicted molar refractivity (Wildman–Crippen MR) is 147 cm³/mol. The van der Waals surface area contributed by atoms with Crippen molar-refractivity contribution in [2.24, 2.45) is 0 Å². The van der Waals surface area contributed by atoms with Crippen LogP contribution in [0.3, 0.4) is 0 Å². The van der Waals surface area contributed by atoms with Crippen LogP contribution in [0.5, 0.6) is 0 Å². The summed E-state index contributed by atoms with van der Waals surface area (Å²) in [5.74, 6) is 0. The van der Waals surface area contributed by atoms with Crippen molar-refractivity contribution in [3.8, 4) is 28.2 Å². The van der Waals surface area contributed by atoms with Gasteiger partial charge in [0.1, 0.15) is 16.3 Å². The zero-order valence-electron chi connectivity index (χ0n) is 18.8. The minimum atomic E-state index is -0.430. The molecule has 0 aliphatic carbocycles. The van der Waals surface area contributed by atoms with Crippen LogP contribution in [0, 0.1) is 0 Å². The molecule has 0 bridgehead atoms. The molecule has 3 aromatic carbocycles. The third kappa shape index (κ3) is 4.40. The van der Waals surface area contributed by atoms with Crippen molar-refractivity contribution < 1.29 is 4.42 Å². The average Bonchev–Trinajstić information content (AvgIpc) is 3.55. The smallest absolute Gasteiger partial charge is 0.345 e. The molecule has 0 radical (unpaired) electrons. The molecule has 174 valence electrons. The number of halogens is 1. The summed E-state index contributed by atoms with van der Waals surface area (Å²) in [4.78, 5) is 17.7. The highest BCUT2D eigenvalue weighted by molar-refractivity contribution is 7.10. The van der Waals surface area contributed by atoms with Crippen LogP contribution in [0.4, 0.5) is 0 Å². The Hall–Kier alpha value is -4.26. The Balaban J connectivity index is 1.42. The Bertz CT molecular complexity index is 1770. The van der Waals surface area contributed by atoms with Crippen molar-refractivity contribution in [3.05, 3.63) is 123 Å². The first kappa shape index (κ1) is 22.2. The number of nitrogens with zero attached hydrogens (tertiary/aromatic N) is 3. The second-order valence-electron chi connectivity index (χ2n) is 8.11. The molecular formula is C29H18ClN3O2S. The maximum atomic E-state index is 12.9. The fourth-order valence-corrected chi connectivity index (χ4v) is 4.78. The predicted octanol–water partition coefficient (Wildman–Crippen LogP) is 7.59. The fourth-order valence-electron chi connectivity index (χ4n) is 3.94. The van der Waals surface area contributed by atoms with E-state index < -0.39 is 5.63 Å². The van der Waals surface area contributed by atoms with Gasteiger partial charge in [0.05, 0.1) is 16.9 Å². The van der Waals surface area contributed by atoms with E-state index in [2.05, 4.69) is 0 Å². The highest BCUT2D eigenvalue weighted by Gasteiger charge is 2.16. The van der Waals surface area contributed by atoms with Crippen LogP contribution in [-0.4, -0.2) is 14.8 Å². The van der Waals surface area contributed by atoms with Crippen LogP contribution < -0.4 is 5.63 Å². The van der Waals surface area contributed by atoms with E-state index in [0.717, 1.165) is 32.9 Å². The molecule has 0 aliphatic heterocycles. The van der Waals surface area contributed by atoms with E-state index in [1.807, 2.05) is 103 Å². The first-order valence-corrected chi connectivity index (χ1v) is 12.5. The van der Waals surface area contributed by atoms with Gasteiger partial charge in [-0.15, -0.1) is 11.3 Å². The van der Waals surface area contributed by atoms with Gasteiger partial charge in [0.15, 0.2) is 0 Å². The van der Waals surface area contributed by atoms with Gasteiger partial charge in [0.25, 0.3) is 0 Å². The van der Waals surface area contributed by atoms with E-state index in [1.54, 1.807) is 10.7 Å². The highest BCUT2D eigenvalue weighted by Crippen LogP contribution is 2.28. The van der Waals surface area contributed by atoms with Crippen LogP contribution in [0.1, 0.15) is 10.6 Å². The lowest BCUT2D eigenvalue weighted by atomic mass is 10.1. The Labute approximate surface area is 215 Å². The van der Waals surface area contributed by atoms with Crippen molar-refractivity contribution >= 4 is 46.1 Å². The Morgan fingerprint density at radius 3 is 2.53 bits per heavy atom. The normalized spacial score (nSPS) is 11.5. The third-order valence-electron chi connectivity index (χ3n) is 5.73. The molecule has 7 heteroatoms. The molecule has 3 heterocycles. The molecule has 36 heavy (non-hydrogen) atoms. The lowest BCUT2D eigenvalue weighted by Gasteiger charge is -2.01. The van der Waals surface area contributed by atoms with Crippen molar-refractivity contribution in [1.29, 1.82) is 0 Å². The third-order valence-corrected chi connectivity index (χ3v) is 6.79. The minimum absolute atomic E-state index is 0.407. The van der Waals surface area contributed by atoms with Gasteiger partial charge in [-0.3, -0.25) is 0 Å². The molecule has 5 nitrogen and oxygen atoms in total. The standard InChI is InChI=1S/C29H18ClN3O2S/c30-22-13-10-19(11-14-22)25-18-36-27(31-25)15-12-21-17-33(23-7-2-1-3-8-23)32-28(21)24-16-20-6-4-5-9-26(20)35-29(24)34/h1-18H. The topological polar surface area (TPSA) is 60.9 Å². The maximum Gasteiger partial charge on any atom is 0.345 e. The largest absolute Gasteiger partial charge is 0.422 e. The number of thiazole rings is 1. The second kappa shape index (κ2) is 9.41. The number of para-hydroxylation sites is 2. The SMILES string of the molecule is O=c1oc2ccccc2cc1-c1nn(-c2ccccc2)cc1C=Cc1nc(-c2ccc(Cl)cc2)cs1. The highest BCUT2D eigenvalue weighted by atomic mass is 35.5.